The molecule has 0 saturated carbocycles. The molecule has 3 rings (SSSR count). The van der Waals surface area contributed by atoms with Crippen molar-refractivity contribution in [1.82, 2.24) is 4.83 Å². The quantitative estimate of drug-likeness (QED) is 0.556. The number of hydrogen-bond acceptors (Lipinski definition) is 4. The first-order valence-electron chi connectivity index (χ1n) is 7.71. The molecule has 0 heterocycles. The van der Waals surface area contributed by atoms with Crippen molar-refractivity contribution in [3.63, 3.8) is 0 Å². The van der Waals surface area contributed by atoms with Crippen LogP contribution in [0.5, 0.6) is 5.75 Å². The van der Waals surface area contributed by atoms with Crippen molar-refractivity contribution in [3.05, 3.63) is 71.3 Å². The molecule has 2 N–H and O–H groups in total. The van der Waals surface area contributed by atoms with Crippen molar-refractivity contribution < 1.29 is 13.5 Å². The van der Waals surface area contributed by atoms with Gasteiger partial charge in [0.2, 0.25) is 0 Å². The first kappa shape index (κ1) is 17.0. The smallest absolute Gasteiger partial charge is 0.276 e. The topological polar surface area (TPSA) is 78.8 Å². The van der Waals surface area contributed by atoms with Crippen molar-refractivity contribution in [2.45, 2.75) is 18.7 Å². The third kappa shape index (κ3) is 3.49. The number of phenols is 1. The number of nitrogens with one attached hydrogen (secondary N) is 1. The zero-order valence-electron chi connectivity index (χ0n) is 13.9. The maximum absolute atomic E-state index is 12.5. The lowest BCUT2D eigenvalue weighted by atomic mass is 10.0. The number of hydrazone groups is 1. The van der Waals surface area contributed by atoms with Crippen LogP contribution in [-0.2, 0) is 10.0 Å². The summed E-state index contributed by atoms with van der Waals surface area (Å²) in [5.74, 6) is 0.0355. The Balaban J connectivity index is 1.94. The van der Waals surface area contributed by atoms with Gasteiger partial charge in [-0.25, -0.2) is 4.83 Å². The second-order valence-electron chi connectivity index (χ2n) is 5.84. The molecule has 0 fully saturated rings. The highest BCUT2D eigenvalue weighted by Gasteiger charge is 2.16. The summed E-state index contributed by atoms with van der Waals surface area (Å²) in [5, 5.41) is 15.6. The molecule has 6 heteroatoms. The van der Waals surface area contributed by atoms with Gasteiger partial charge < -0.3 is 5.11 Å². The lowest BCUT2D eigenvalue weighted by Crippen LogP contribution is -2.19. The summed E-state index contributed by atoms with van der Waals surface area (Å²) >= 11 is 0. The fourth-order valence-corrected chi connectivity index (χ4v) is 3.75. The van der Waals surface area contributed by atoms with E-state index < -0.39 is 10.0 Å². The summed E-state index contributed by atoms with van der Waals surface area (Å²) in [6, 6.07) is 16.1. The maximum atomic E-state index is 12.5. The molecule has 0 aliphatic carbocycles. The van der Waals surface area contributed by atoms with Crippen molar-refractivity contribution in [2.24, 2.45) is 5.10 Å². The van der Waals surface area contributed by atoms with Crippen LogP contribution in [0.3, 0.4) is 0 Å². The number of fused-ring (bicyclic) bond motifs is 1. The predicted octanol–water partition coefficient (Wildman–Crippen LogP) is 3.47. The molecular formula is C19H18N2O3S. The van der Waals surface area contributed by atoms with Crippen molar-refractivity contribution in [2.75, 3.05) is 0 Å². The molecule has 0 aliphatic heterocycles. The lowest BCUT2D eigenvalue weighted by molar-refractivity contribution is 0.475. The molecule has 0 atom stereocenters. The van der Waals surface area contributed by atoms with Crippen molar-refractivity contribution in [1.29, 1.82) is 0 Å². The molecule has 3 aromatic rings. The molecule has 0 radical (unpaired) electrons. The average molecular weight is 354 g/mol. The van der Waals surface area contributed by atoms with Crippen LogP contribution in [-0.4, -0.2) is 19.7 Å². The van der Waals surface area contributed by atoms with E-state index in [9.17, 15) is 13.5 Å². The zero-order chi connectivity index (χ0) is 18.0. The van der Waals surface area contributed by atoms with Gasteiger partial charge in [0.05, 0.1) is 11.1 Å². The SMILES string of the molecule is Cc1ccc(C)c(S(=O)(=O)N/N=C/c2c(O)ccc3ccccc23)c1. The Kier molecular flexibility index (Phi) is 4.46. The number of nitrogens with zero attached hydrogens (tertiary/aromatic N) is 1. The summed E-state index contributed by atoms with van der Waals surface area (Å²) in [6.07, 6.45) is 1.32. The molecular weight excluding hydrogens is 336 g/mol. The second kappa shape index (κ2) is 6.57. The van der Waals surface area contributed by atoms with Crippen LogP contribution in [0, 0.1) is 13.8 Å². The summed E-state index contributed by atoms with van der Waals surface area (Å²) in [4.78, 5) is 2.40. The molecule has 5 nitrogen and oxygen atoms in total. The molecule has 0 aliphatic rings. The number of aromatic hydroxyl groups is 1. The number of rotatable bonds is 4. The van der Waals surface area contributed by atoms with E-state index in [2.05, 4.69) is 9.93 Å². The van der Waals surface area contributed by atoms with Crippen LogP contribution in [0.2, 0.25) is 0 Å². The van der Waals surface area contributed by atoms with E-state index in [1.165, 1.54) is 6.21 Å². The number of sulfonamides is 1. The van der Waals surface area contributed by atoms with Gasteiger partial charge in [-0.1, -0.05) is 42.5 Å². The highest BCUT2D eigenvalue weighted by molar-refractivity contribution is 7.89. The van der Waals surface area contributed by atoms with Gasteiger partial charge in [-0.05, 0) is 47.9 Å². The minimum Gasteiger partial charge on any atom is -0.507 e. The van der Waals surface area contributed by atoms with E-state index in [4.69, 9.17) is 0 Å². The number of benzene rings is 3. The van der Waals surface area contributed by atoms with Crippen molar-refractivity contribution in [3.8, 4) is 5.75 Å². The zero-order valence-corrected chi connectivity index (χ0v) is 14.7. The van der Waals surface area contributed by atoms with Gasteiger partial charge in [0.25, 0.3) is 10.0 Å². The second-order valence-corrected chi connectivity index (χ2v) is 7.47. The monoisotopic (exact) mass is 354 g/mol. The minimum absolute atomic E-state index is 0.0355. The fraction of sp³-hybridized carbons (Fsp3) is 0.105. The highest BCUT2D eigenvalue weighted by Crippen LogP contribution is 2.25. The predicted molar refractivity (Wildman–Crippen MR) is 99.4 cm³/mol. The summed E-state index contributed by atoms with van der Waals surface area (Å²) in [5.41, 5.74) is 1.95. The number of phenolic OH excluding ortho intramolecular Hbond substituents is 1. The van der Waals surface area contributed by atoms with Crippen LogP contribution in [0.4, 0.5) is 0 Å². The van der Waals surface area contributed by atoms with E-state index in [1.54, 1.807) is 31.2 Å². The van der Waals surface area contributed by atoms with Crippen molar-refractivity contribution >= 4 is 27.0 Å². The van der Waals surface area contributed by atoms with Gasteiger partial charge in [0, 0.05) is 5.56 Å². The molecule has 128 valence electrons. The largest absolute Gasteiger partial charge is 0.507 e. The molecule has 0 bridgehead atoms. The minimum atomic E-state index is -3.78. The third-order valence-electron chi connectivity index (χ3n) is 3.95. The van der Waals surface area contributed by atoms with Crippen LogP contribution in [0.15, 0.2) is 64.6 Å². The molecule has 0 saturated heterocycles. The van der Waals surface area contributed by atoms with Crippen LogP contribution < -0.4 is 4.83 Å². The van der Waals surface area contributed by atoms with E-state index in [0.717, 1.165) is 16.3 Å². The first-order chi connectivity index (χ1) is 11.9. The standard InChI is InChI=1S/C19H18N2O3S/c1-13-7-8-14(2)19(11-13)25(23,24)21-20-12-17-16-6-4-3-5-15(16)9-10-18(17)22/h3-12,21-22H,1-2H3/b20-12+. The van der Waals surface area contributed by atoms with Gasteiger partial charge in [-0.3, -0.25) is 0 Å². The fourth-order valence-electron chi connectivity index (χ4n) is 2.63. The van der Waals surface area contributed by atoms with Gasteiger partial charge in [-0.2, -0.15) is 13.5 Å². The Hall–Kier alpha value is -2.86. The maximum Gasteiger partial charge on any atom is 0.276 e. The number of aryl methyl sites for hydroxylation is 2. The van der Waals surface area contributed by atoms with E-state index in [0.29, 0.717) is 11.1 Å². The van der Waals surface area contributed by atoms with E-state index >= 15 is 0 Å². The molecule has 0 amide bonds. The Morgan fingerprint density at radius 3 is 2.60 bits per heavy atom. The highest BCUT2D eigenvalue weighted by atomic mass is 32.2. The summed E-state index contributed by atoms with van der Waals surface area (Å²) in [6.45, 7) is 3.56. The van der Waals surface area contributed by atoms with E-state index in [1.807, 2.05) is 37.3 Å². The lowest BCUT2D eigenvalue weighted by Gasteiger charge is -2.08. The Morgan fingerprint density at radius 1 is 1.04 bits per heavy atom. The molecule has 0 aromatic heterocycles. The normalized spacial score (nSPS) is 11.9. The number of hydrogen-bond donors (Lipinski definition) is 2. The van der Waals surface area contributed by atoms with E-state index in [-0.39, 0.29) is 10.6 Å². The first-order valence-corrected chi connectivity index (χ1v) is 9.19. The molecule has 0 spiro atoms. The Bertz CT molecular complexity index is 1070. The Labute approximate surface area is 146 Å². The van der Waals surface area contributed by atoms with Gasteiger partial charge in [-0.15, -0.1) is 0 Å². The van der Waals surface area contributed by atoms with Gasteiger partial charge in [0.1, 0.15) is 5.75 Å². The van der Waals surface area contributed by atoms with Crippen LogP contribution in [0.25, 0.3) is 10.8 Å². The Morgan fingerprint density at radius 2 is 1.80 bits per heavy atom. The van der Waals surface area contributed by atoms with Crippen LogP contribution in [0.1, 0.15) is 16.7 Å². The average Bonchev–Trinajstić information content (AvgIpc) is 2.59. The molecule has 25 heavy (non-hydrogen) atoms. The summed E-state index contributed by atoms with van der Waals surface area (Å²) in [7, 11) is -3.78. The van der Waals surface area contributed by atoms with Crippen LogP contribution >= 0.6 is 0 Å². The third-order valence-corrected chi connectivity index (χ3v) is 5.31. The van der Waals surface area contributed by atoms with Gasteiger partial charge >= 0.3 is 0 Å². The molecule has 3 aromatic carbocycles. The molecule has 0 unspecified atom stereocenters. The summed E-state index contributed by atoms with van der Waals surface area (Å²) < 4.78 is 24.9. The van der Waals surface area contributed by atoms with Gasteiger partial charge in [0.15, 0.2) is 0 Å².